The summed E-state index contributed by atoms with van der Waals surface area (Å²) in [6, 6.07) is 11.4. The highest BCUT2D eigenvalue weighted by Crippen LogP contribution is 2.25. The third-order valence-corrected chi connectivity index (χ3v) is 3.59. The number of hydrogen-bond acceptors (Lipinski definition) is 4. The molecule has 0 radical (unpaired) electrons. The number of nitrogens with zero attached hydrogens (tertiary/aromatic N) is 3. The maximum absolute atomic E-state index is 5.92. The minimum atomic E-state index is 0.306. The monoisotopic (exact) mass is 301 g/mol. The highest BCUT2D eigenvalue weighted by Gasteiger charge is 2.12. The van der Waals surface area contributed by atoms with E-state index in [9.17, 15) is 0 Å². The van der Waals surface area contributed by atoms with Gasteiger partial charge in [-0.2, -0.15) is 5.10 Å². The summed E-state index contributed by atoms with van der Waals surface area (Å²) in [4.78, 5) is 4.44. The number of halogens is 1. The maximum atomic E-state index is 5.92. The van der Waals surface area contributed by atoms with E-state index >= 15 is 0 Å². The van der Waals surface area contributed by atoms with Crippen molar-refractivity contribution in [2.45, 2.75) is 19.8 Å². The predicted octanol–water partition coefficient (Wildman–Crippen LogP) is 3.46. The van der Waals surface area contributed by atoms with Crippen LogP contribution in [0.5, 0.6) is 0 Å². The molecule has 0 atom stereocenters. The van der Waals surface area contributed by atoms with Crippen molar-refractivity contribution in [1.29, 1.82) is 0 Å². The van der Waals surface area contributed by atoms with Crippen LogP contribution in [0.4, 0.5) is 5.82 Å². The molecular weight excluding hydrogens is 286 g/mol. The van der Waals surface area contributed by atoms with Crippen molar-refractivity contribution >= 4 is 23.1 Å². The van der Waals surface area contributed by atoms with Crippen LogP contribution in [0.3, 0.4) is 0 Å². The fourth-order valence-electron chi connectivity index (χ4n) is 2.24. The number of hydrazine groups is 1. The third-order valence-electron chi connectivity index (χ3n) is 3.33. The topological polar surface area (TPSA) is 68.2 Å². The van der Waals surface area contributed by atoms with E-state index in [2.05, 4.69) is 29.4 Å². The van der Waals surface area contributed by atoms with Crippen molar-refractivity contribution in [2.75, 3.05) is 5.43 Å². The van der Waals surface area contributed by atoms with Crippen LogP contribution in [0, 0.1) is 0 Å². The van der Waals surface area contributed by atoms with E-state index < -0.39 is 0 Å². The van der Waals surface area contributed by atoms with Crippen LogP contribution < -0.4 is 11.3 Å². The average Bonchev–Trinajstić information content (AvgIpc) is 2.90. The highest BCUT2D eigenvalue weighted by atomic mass is 35.5. The zero-order valence-electron chi connectivity index (χ0n) is 11.8. The predicted molar refractivity (Wildman–Crippen MR) is 85.3 cm³/mol. The molecule has 108 valence electrons. The van der Waals surface area contributed by atoms with E-state index in [1.165, 1.54) is 0 Å². The first-order valence-electron chi connectivity index (χ1n) is 6.72. The lowest BCUT2D eigenvalue weighted by Crippen LogP contribution is -2.11. The summed E-state index contributed by atoms with van der Waals surface area (Å²) in [5, 5.41) is 5.36. The first-order chi connectivity index (χ1) is 10.1. The van der Waals surface area contributed by atoms with Gasteiger partial charge in [0, 0.05) is 22.7 Å². The Morgan fingerprint density at radius 2 is 1.90 bits per heavy atom. The van der Waals surface area contributed by atoms with Gasteiger partial charge < -0.3 is 5.43 Å². The van der Waals surface area contributed by atoms with Gasteiger partial charge in [0.15, 0.2) is 5.65 Å². The molecule has 5 nitrogen and oxygen atoms in total. The van der Waals surface area contributed by atoms with Crippen molar-refractivity contribution in [3.05, 3.63) is 47.1 Å². The third kappa shape index (κ3) is 2.57. The summed E-state index contributed by atoms with van der Waals surface area (Å²) in [5.41, 5.74) is 6.27. The van der Waals surface area contributed by atoms with Crippen LogP contribution >= 0.6 is 11.6 Å². The molecule has 0 saturated carbocycles. The number of fused-ring (bicyclic) bond motifs is 1. The standard InChI is InChI=1S/C15H16ClN5/c1-9(2)13-8-14(19-17)18-15-7-12(20-21(13)15)10-3-5-11(16)6-4-10/h3-9H,17H2,1-2H3,(H,18,19). The number of rotatable bonds is 3. The van der Waals surface area contributed by atoms with Crippen LogP contribution in [0.2, 0.25) is 5.02 Å². The van der Waals surface area contributed by atoms with Crippen molar-refractivity contribution < 1.29 is 0 Å². The Hall–Kier alpha value is -2.11. The van der Waals surface area contributed by atoms with E-state index in [0.29, 0.717) is 16.8 Å². The first-order valence-corrected chi connectivity index (χ1v) is 7.09. The SMILES string of the molecule is CC(C)c1cc(NN)nc2cc(-c3ccc(Cl)cc3)nn12. The average molecular weight is 302 g/mol. The molecule has 3 rings (SSSR count). The molecule has 0 fully saturated rings. The number of hydrogen-bond donors (Lipinski definition) is 2. The minimum absolute atomic E-state index is 0.306. The van der Waals surface area contributed by atoms with Gasteiger partial charge >= 0.3 is 0 Å². The summed E-state index contributed by atoms with van der Waals surface area (Å²) in [6.45, 7) is 4.22. The van der Waals surface area contributed by atoms with Gasteiger partial charge in [0.05, 0.1) is 11.4 Å². The molecule has 3 N–H and O–H groups in total. The fraction of sp³-hybridized carbons (Fsp3) is 0.200. The van der Waals surface area contributed by atoms with Crippen LogP contribution in [-0.4, -0.2) is 14.6 Å². The normalized spacial score (nSPS) is 11.3. The number of nitrogens with two attached hydrogens (primary N) is 1. The molecule has 3 aromatic rings. The van der Waals surface area contributed by atoms with Crippen molar-refractivity contribution in [2.24, 2.45) is 5.84 Å². The van der Waals surface area contributed by atoms with Gasteiger partial charge in [0.25, 0.3) is 0 Å². The van der Waals surface area contributed by atoms with Crippen molar-refractivity contribution in [1.82, 2.24) is 14.6 Å². The molecule has 0 saturated heterocycles. The van der Waals surface area contributed by atoms with Crippen LogP contribution in [0.15, 0.2) is 36.4 Å². The Morgan fingerprint density at radius 3 is 2.52 bits per heavy atom. The Morgan fingerprint density at radius 1 is 1.19 bits per heavy atom. The lowest BCUT2D eigenvalue weighted by Gasteiger charge is -2.09. The number of anilines is 1. The van der Waals surface area contributed by atoms with Crippen LogP contribution in [-0.2, 0) is 0 Å². The van der Waals surface area contributed by atoms with Crippen LogP contribution in [0.25, 0.3) is 16.9 Å². The molecule has 0 aliphatic heterocycles. The quantitative estimate of drug-likeness (QED) is 0.574. The van der Waals surface area contributed by atoms with Gasteiger partial charge in [-0.05, 0) is 18.1 Å². The first kappa shape index (κ1) is 13.9. The lowest BCUT2D eigenvalue weighted by atomic mass is 10.1. The molecule has 21 heavy (non-hydrogen) atoms. The van der Waals surface area contributed by atoms with E-state index in [1.807, 2.05) is 40.9 Å². The molecule has 0 aliphatic carbocycles. The summed E-state index contributed by atoms with van der Waals surface area (Å²) in [5.74, 6) is 6.43. The molecule has 0 unspecified atom stereocenters. The molecule has 6 heteroatoms. The van der Waals surface area contributed by atoms with Crippen LogP contribution in [0.1, 0.15) is 25.5 Å². The Balaban J connectivity index is 2.19. The number of aromatic nitrogens is 3. The minimum Gasteiger partial charge on any atom is -0.308 e. The van der Waals surface area contributed by atoms with E-state index in [0.717, 1.165) is 22.6 Å². The van der Waals surface area contributed by atoms with E-state index in [-0.39, 0.29) is 0 Å². The second-order valence-corrected chi connectivity index (χ2v) is 5.61. The lowest BCUT2D eigenvalue weighted by molar-refractivity contribution is 0.751. The van der Waals surface area contributed by atoms with Gasteiger partial charge in [0.1, 0.15) is 5.82 Å². The second-order valence-electron chi connectivity index (χ2n) is 5.17. The largest absolute Gasteiger partial charge is 0.308 e. The fourth-order valence-corrected chi connectivity index (χ4v) is 2.37. The molecule has 0 amide bonds. The number of benzene rings is 1. The maximum Gasteiger partial charge on any atom is 0.158 e. The van der Waals surface area contributed by atoms with E-state index in [1.54, 1.807) is 0 Å². The zero-order chi connectivity index (χ0) is 15.0. The summed E-state index contributed by atoms with van der Waals surface area (Å²) in [6.07, 6.45) is 0. The Labute approximate surface area is 127 Å². The Bertz CT molecular complexity index is 777. The smallest absolute Gasteiger partial charge is 0.158 e. The molecular formula is C15H16ClN5. The van der Waals surface area contributed by atoms with E-state index in [4.69, 9.17) is 17.4 Å². The van der Waals surface area contributed by atoms with Gasteiger partial charge in [0.2, 0.25) is 0 Å². The molecule has 2 aromatic heterocycles. The number of nitrogen functional groups attached to an aromatic ring is 1. The summed E-state index contributed by atoms with van der Waals surface area (Å²) < 4.78 is 1.86. The summed E-state index contributed by atoms with van der Waals surface area (Å²) >= 11 is 5.92. The summed E-state index contributed by atoms with van der Waals surface area (Å²) in [7, 11) is 0. The second kappa shape index (κ2) is 5.35. The van der Waals surface area contributed by atoms with Gasteiger partial charge in [-0.3, -0.25) is 0 Å². The Kier molecular flexibility index (Phi) is 3.53. The van der Waals surface area contributed by atoms with Gasteiger partial charge in [-0.1, -0.05) is 37.6 Å². The molecule has 0 aliphatic rings. The zero-order valence-corrected chi connectivity index (χ0v) is 12.6. The number of nitrogens with one attached hydrogen (secondary N) is 1. The van der Waals surface area contributed by atoms with Crippen molar-refractivity contribution in [3.63, 3.8) is 0 Å². The molecule has 0 spiro atoms. The molecule has 2 heterocycles. The van der Waals surface area contributed by atoms with Crippen molar-refractivity contribution in [3.8, 4) is 11.3 Å². The molecule has 1 aromatic carbocycles. The van der Waals surface area contributed by atoms with Gasteiger partial charge in [-0.25, -0.2) is 15.3 Å². The molecule has 0 bridgehead atoms. The van der Waals surface area contributed by atoms with Gasteiger partial charge in [-0.15, -0.1) is 0 Å². The highest BCUT2D eigenvalue weighted by molar-refractivity contribution is 6.30.